The molecule has 90 valence electrons. The summed E-state index contributed by atoms with van der Waals surface area (Å²) in [7, 11) is 0. The Kier molecular flexibility index (Phi) is 6.36. The van der Waals surface area contributed by atoms with Gasteiger partial charge in [-0.2, -0.15) is 0 Å². The summed E-state index contributed by atoms with van der Waals surface area (Å²) in [4.78, 5) is 0. The monoisotopic (exact) mass is 210 g/mol. The van der Waals surface area contributed by atoms with E-state index in [4.69, 9.17) is 0 Å². The van der Waals surface area contributed by atoms with Crippen LogP contribution in [-0.2, 0) is 0 Å². The van der Waals surface area contributed by atoms with Crippen LogP contribution in [-0.4, -0.2) is 0 Å². The molecule has 0 unspecified atom stereocenters. The van der Waals surface area contributed by atoms with Crippen LogP contribution in [0.1, 0.15) is 90.9 Å². The van der Waals surface area contributed by atoms with E-state index >= 15 is 0 Å². The third-order valence-corrected chi connectivity index (χ3v) is 3.99. The minimum Gasteiger partial charge on any atom is -0.0654 e. The number of unbranched alkanes of at least 4 members (excludes halogenated alkanes) is 8. The Hall–Kier alpha value is 0. The molecular weight excluding hydrogens is 180 g/mol. The van der Waals surface area contributed by atoms with Crippen LogP contribution in [0.5, 0.6) is 0 Å². The van der Waals surface area contributed by atoms with Crippen LogP contribution in [0.25, 0.3) is 0 Å². The molecule has 1 saturated carbocycles. The molecule has 0 amide bonds. The van der Waals surface area contributed by atoms with Crippen molar-refractivity contribution in [3.05, 3.63) is 0 Å². The Morgan fingerprint density at radius 2 is 1.20 bits per heavy atom. The van der Waals surface area contributed by atoms with Gasteiger partial charge in [-0.05, 0) is 24.7 Å². The van der Waals surface area contributed by atoms with Crippen molar-refractivity contribution in [2.45, 2.75) is 90.9 Å². The van der Waals surface area contributed by atoms with Gasteiger partial charge >= 0.3 is 0 Å². The largest absolute Gasteiger partial charge is 0.0654 e. The zero-order valence-corrected chi connectivity index (χ0v) is 11.0. The highest BCUT2D eigenvalue weighted by molar-refractivity contribution is 4.87. The van der Waals surface area contributed by atoms with Gasteiger partial charge in [0.05, 0.1) is 0 Å². The lowest BCUT2D eigenvalue weighted by Gasteiger charge is -2.06. The summed E-state index contributed by atoms with van der Waals surface area (Å²) in [5.41, 5.74) is 0.793. The molecule has 1 aliphatic rings. The Morgan fingerprint density at radius 3 is 1.67 bits per heavy atom. The van der Waals surface area contributed by atoms with Gasteiger partial charge in [0.1, 0.15) is 0 Å². The topological polar surface area (TPSA) is 0 Å². The maximum atomic E-state index is 2.46. The first-order chi connectivity index (χ1) is 7.27. The van der Waals surface area contributed by atoms with Gasteiger partial charge in [0.15, 0.2) is 0 Å². The minimum absolute atomic E-state index is 0.793. The predicted molar refractivity (Wildman–Crippen MR) is 69.2 cm³/mol. The van der Waals surface area contributed by atoms with E-state index in [2.05, 4.69) is 13.8 Å². The molecule has 0 heteroatoms. The maximum absolute atomic E-state index is 2.46. The van der Waals surface area contributed by atoms with E-state index in [9.17, 15) is 0 Å². The molecule has 0 heterocycles. The van der Waals surface area contributed by atoms with Crippen LogP contribution >= 0.6 is 0 Å². The Balaban J connectivity index is 1.70. The molecule has 1 rings (SSSR count). The molecule has 0 atom stereocenters. The van der Waals surface area contributed by atoms with Crippen molar-refractivity contribution < 1.29 is 0 Å². The first-order valence-electron chi connectivity index (χ1n) is 7.27. The average molecular weight is 210 g/mol. The van der Waals surface area contributed by atoms with Gasteiger partial charge in [0.25, 0.3) is 0 Å². The normalized spacial score (nSPS) is 18.0. The molecule has 0 spiro atoms. The number of hydrogen-bond acceptors (Lipinski definition) is 0. The smallest absolute Gasteiger partial charge is 0.0325 e. The summed E-state index contributed by atoms with van der Waals surface area (Å²) in [6, 6.07) is 0. The fourth-order valence-electron chi connectivity index (χ4n) is 2.33. The number of hydrogen-bond donors (Lipinski definition) is 0. The van der Waals surface area contributed by atoms with E-state index in [1.54, 1.807) is 0 Å². The highest BCUT2D eigenvalue weighted by Crippen LogP contribution is 2.49. The lowest BCUT2D eigenvalue weighted by molar-refractivity contribution is 0.466. The Labute approximate surface area is 96.8 Å². The van der Waals surface area contributed by atoms with Gasteiger partial charge in [-0.25, -0.2) is 0 Å². The summed E-state index contributed by atoms with van der Waals surface area (Å²) in [5, 5.41) is 0. The molecule has 0 aromatic heterocycles. The van der Waals surface area contributed by atoms with E-state index in [1.807, 2.05) is 0 Å². The second kappa shape index (κ2) is 7.30. The molecule has 0 N–H and O–H groups in total. The molecule has 0 bridgehead atoms. The van der Waals surface area contributed by atoms with Crippen LogP contribution in [0.3, 0.4) is 0 Å². The van der Waals surface area contributed by atoms with E-state index in [0.29, 0.717) is 0 Å². The van der Waals surface area contributed by atoms with E-state index < -0.39 is 0 Å². The molecule has 0 aromatic carbocycles. The first kappa shape index (κ1) is 13.1. The first-order valence-corrected chi connectivity index (χ1v) is 7.27. The minimum atomic E-state index is 0.793. The van der Waals surface area contributed by atoms with E-state index in [1.165, 1.54) is 77.0 Å². The van der Waals surface area contributed by atoms with Crippen LogP contribution < -0.4 is 0 Å². The average Bonchev–Trinajstić information content (AvgIpc) is 2.95. The summed E-state index contributed by atoms with van der Waals surface area (Å²) in [5.74, 6) is 0. The molecule has 0 saturated heterocycles. The second-order valence-corrected chi connectivity index (χ2v) is 5.89. The van der Waals surface area contributed by atoms with Crippen LogP contribution in [0, 0.1) is 5.41 Å². The van der Waals surface area contributed by atoms with Crippen molar-refractivity contribution in [2.75, 3.05) is 0 Å². The van der Waals surface area contributed by atoms with Crippen molar-refractivity contribution in [3.63, 3.8) is 0 Å². The molecule has 0 nitrogen and oxygen atoms in total. The summed E-state index contributed by atoms with van der Waals surface area (Å²) in [6.07, 6.45) is 17.7. The summed E-state index contributed by atoms with van der Waals surface area (Å²) < 4.78 is 0. The third kappa shape index (κ3) is 6.98. The van der Waals surface area contributed by atoms with Crippen molar-refractivity contribution >= 4 is 0 Å². The van der Waals surface area contributed by atoms with Gasteiger partial charge in [0, 0.05) is 0 Å². The lowest BCUT2D eigenvalue weighted by atomic mass is 9.99. The lowest BCUT2D eigenvalue weighted by Crippen LogP contribution is -1.92. The zero-order valence-electron chi connectivity index (χ0n) is 11.0. The number of rotatable bonds is 10. The Morgan fingerprint density at radius 1 is 0.733 bits per heavy atom. The quantitative estimate of drug-likeness (QED) is 0.405. The van der Waals surface area contributed by atoms with E-state index in [0.717, 1.165) is 5.41 Å². The molecule has 0 radical (unpaired) electrons. The molecule has 0 aromatic rings. The summed E-state index contributed by atoms with van der Waals surface area (Å²) >= 11 is 0. The van der Waals surface area contributed by atoms with Crippen LogP contribution in [0.15, 0.2) is 0 Å². The van der Waals surface area contributed by atoms with Crippen molar-refractivity contribution in [3.8, 4) is 0 Å². The second-order valence-electron chi connectivity index (χ2n) is 5.89. The zero-order chi connectivity index (χ0) is 11.0. The van der Waals surface area contributed by atoms with Gasteiger partial charge < -0.3 is 0 Å². The third-order valence-electron chi connectivity index (χ3n) is 3.99. The predicted octanol–water partition coefficient (Wildman–Crippen LogP) is 5.71. The van der Waals surface area contributed by atoms with Gasteiger partial charge in [-0.1, -0.05) is 71.6 Å². The van der Waals surface area contributed by atoms with Crippen LogP contribution in [0.4, 0.5) is 0 Å². The molecule has 15 heavy (non-hydrogen) atoms. The summed E-state index contributed by atoms with van der Waals surface area (Å²) in [6.45, 7) is 4.75. The van der Waals surface area contributed by atoms with Gasteiger partial charge in [-0.3, -0.25) is 0 Å². The fourth-order valence-corrected chi connectivity index (χ4v) is 2.33. The van der Waals surface area contributed by atoms with Crippen molar-refractivity contribution in [2.24, 2.45) is 5.41 Å². The van der Waals surface area contributed by atoms with Crippen LogP contribution in [0.2, 0.25) is 0 Å². The molecule has 1 fully saturated rings. The fraction of sp³-hybridized carbons (Fsp3) is 1.00. The molecule has 0 aliphatic heterocycles. The Bertz CT molecular complexity index is 144. The molecule has 1 aliphatic carbocycles. The van der Waals surface area contributed by atoms with Crippen molar-refractivity contribution in [1.82, 2.24) is 0 Å². The van der Waals surface area contributed by atoms with E-state index in [-0.39, 0.29) is 0 Å². The maximum Gasteiger partial charge on any atom is -0.0325 e. The SMILES string of the molecule is CCCCCCCCCCCC1(C)CC1. The highest BCUT2D eigenvalue weighted by atomic mass is 14.4. The van der Waals surface area contributed by atoms with Crippen molar-refractivity contribution in [1.29, 1.82) is 0 Å². The highest BCUT2D eigenvalue weighted by Gasteiger charge is 2.35. The van der Waals surface area contributed by atoms with Gasteiger partial charge in [-0.15, -0.1) is 0 Å². The van der Waals surface area contributed by atoms with Gasteiger partial charge in [0.2, 0.25) is 0 Å². The molecular formula is C15H30. The standard InChI is InChI=1S/C15H30/c1-3-4-5-6-7-8-9-10-11-12-15(2)13-14-15/h3-14H2,1-2H3.